The van der Waals surface area contributed by atoms with Crippen molar-refractivity contribution in [2.75, 3.05) is 19.7 Å². The van der Waals surface area contributed by atoms with Crippen molar-refractivity contribution in [2.24, 2.45) is 0 Å². The van der Waals surface area contributed by atoms with E-state index in [1.165, 1.54) is 0 Å². The van der Waals surface area contributed by atoms with E-state index in [1.807, 2.05) is 0 Å². The number of nitrogens with one attached hydrogen (secondary N) is 2. The van der Waals surface area contributed by atoms with Gasteiger partial charge in [0.1, 0.15) is 6.23 Å². The second kappa shape index (κ2) is 9.59. The van der Waals surface area contributed by atoms with Crippen molar-refractivity contribution < 1.29 is 27.7 Å². The van der Waals surface area contributed by atoms with E-state index in [1.54, 1.807) is 24.4 Å². The fraction of sp³-hybridized carbons (Fsp3) is 0.278. The molecule has 1 fully saturated rings. The third kappa shape index (κ3) is 5.39. The summed E-state index contributed by atoms with van der Waals surface area (Å²) in [6.07, 6.45) is 0.534. The number of amides is 2. The minimum absolute atomic E-state index is 0.0335. The first-order valence-corrected chi connectivity index (χ1v) is 10.6. The monoisotopic (exact) mass is 449 g/mol. The van der Waals surface area contributed by atoms with Crippen LogP contribution in [0.4, 0.5) is 5.69 Å². The highest BCUT2D eigenvalue weighted by molar-refractivity contribution is 7.89. The van der Waals surface area contributed by atoms with Gasteiger partial charge in [-0.25, -0.2) is 8.42 Å². The lowest BCUT2D eigenvalue weighted by molar-refractivity contribution is -0.384. The van der Waals surface area contributed by atoms with Crippen LogP contribution in [0.15, 0.2) is 53.6 Å². The molecular formula is C18H19N5O7S. The summed E-state index contributed by atoms with van der Waals surface area (Å²) in [5.41, 5.74) is 0.334. The molecule has 0 saturated carbocycles. The maximum Gasteiger partial charge on any atom is 0.309 e. The standard InChI is InChI=1S/C18H19N5O7S/c24-17(20-11-13-3-1-2-8-19-13)18(25)21-12-16-22(9-10-30-16)31(28,29)15-6-4-14(5-7-15)23(26)27/h1-8,16H,9-12H2,(H,20,24)(H,21,25)/t16-/m0/s1. The Morgan fingerprint density at radius 2 is 1.87 bits per heavy atom. The van der Waals surface area contributed by atoms with Crippen LogP contribution >= 0.6 is 0 Å². The van der Waals surface area contributed by atoms with Gasteiger partial charge in [-0.3, -0.25) is 24.7 Å². The lowest BCUT2D eigenvalue weighted by atomic mass is 10.3. The normalized spacial score (nSPS) is 16.6. The Morgan fingerprint density at radius 1 is 1.16 bits per heavy atom. The van der Waals surface area contributed by atoms with Crippen molar-refractivity contribution in [3.63, 3.8) is 0 Å². The maximum absolute atomic E-state index is 12.8. The zero-order valence-corrected chi connectivity index (χ0v) is 16.9. The highest BCUT2D eigenvalue weighted by Crippen LogP contribution is 2.23. The second-order valence-corrected chi connectivity index (χ2v) is 8.30. The van der Waals surface area contributed by atoms with Crippen LogP contribution in [-0.2, 0) is 30.9 Å². The lowest BCUT2D eigenvalue weighted by Crippen LogP contribution is -2.47. The fourth-order valence-electron chi connectivity index (χ4n) is 2.83. The molecule has 2 heterocycles. The van der Waals surface area contributed by atoms with Crippen LogP contribution in [-0.4, -0.2) is 60.4 Å². The molecule has 1 aliphatic heterocycles. The van der Waals surface area contributed by atoms with E-state index in [9.17, 15) is 28.1 Å². The summed E-state index contributed by atoms with van der Waals surface area (Å²) in [7, 11) is -4.02. The number of hydrogen-bond acceptors (Lipinski definition) is 8. The van der Waals surface area contributed by atoms with E-state index in [0.29, 0.717) is 5.69 Å². The Labute approximate surface area is 177 Å². The van der Waals surface area contributed by atoms with Crippen LogP contribution < -0.4 is 10.6 Å². The number of sulfonamides is 1. The van der Waals surface area contributed by atoms with Crippen LogP contribution in [0.2, 0.25) is 0 Å². The lowest BCUT2D eigenvalue weighted by Gasteiger charge is -2.22. The molecule has 12 nitrogen and oxygen atoms in total. The highest BCUT2D eigenvalue weighted by atomic mass is 32.2. The predicted molar refractivity (Wildman–Crippen MR) is 106 cm³/mol. The van der Waals surface area contributed by atoms with Gasteiger partial charge in [0.2, 0.25) is 10.0 Å². The highest BCUT2D eigenvalue weighted by Gasteiger charge is 2.36. The van der Waals surface area contributed by atoms with Gasteiger partial charge in [0.05, 0.1) is 35.2 Å². The molecule has 2 aromatic rings. The Bertz CT molecular complexity index is 1060. The summed E-state index contributed by atoms with van der Waals surface area (Å²) in [5.74, 6) is -1.84. The van der Waals surface area contributed by atoms with Crippen molar-refractivity contribution in [3.05, 3.63) is 64.5 Å². The number of benzene rings is 1. The van der Waals surface area contributed by atoms with E-state index in [2.05, 4.69) is 15.6 Å². The van der Waals surface area contributed by atoms with Crippen molar-refractivity contribution in [1.82, 2.24) is 19.9 Å². The van der Waals surface area contributed by atoms with E-state index >= 15 is 0 Å². The third-order valence-electron chi connectivity index (χ3n) is 4.40. The zero-order chi connectivity index (χ0) is 22.4. The smallest absolute Gasteiger partial charge is 0.309 e. The topological polar surface area (TPSA) is 161 Å². The van der Waals surface area contributed by atoms with E-state index < -0.39 is 33.0 Å². The molecule has 2 amide bonds. The zero-order valence-electron chi connectivity index (χ0n) is 16.1. The number of rotatable bonds is 7. The van der Waals surface area contributed by atoms with Gasteiger partial charge in [0.15, 0.2) is 0 Å². The van der Waals surface area contributed by atoms with Gasteiger partial charge in [-0.1, -0.05) is 6.07 Å². The van der Waals surface area contributed by atoms with Gasteiger partial charge in [-0.05, 0) is 24.3 Å². The number of hydrogen-bond donors (Lipinski definition) is 2. The summed E-state index contributed by atoms with van der Waals surface area (Å²) >= 11 is 0. The summed E-state index contributed by atoms with van der Waals surface area (Å²) < 4.78 is 32.1. The molecule has 164 valence electrons. The Balaban J connectivity index is 1.57. The van der Waals surface area contributed by atoms with E-state index in [0.717, 1.165) is 28.6 Å². The Kier molecular flexibility index (Phi) is 6.89. The molecule has 0 spiro atoms. The van der Waals surface area contributed by atoms with Gasteiger partial charge in [0.25, 0.3) is 5.69 Å². The predicted octanol–water partition coefficient (Wildman–Crippen LogP) is -0.231. The average molecular weight is 449 g/mol. The first-order valence-electron chi connectivity index (χ1n) is 9.13. The number of nitro groups is 1. The minimum atomic E-state index is -4.02. The van der Waals surface area contributed by atoms with Crippen LogP contribution in [0.1, 0.15) is 5.69 Å². The summed E-state index contributed by atoms with van der Waals surface area (Å²) in [6.45, 7) is -0.0555. The van der Waals surface area contributed by atoms with Crippen molar-refractivity contribution in [1.29, 1.82) is 0 Å². The number of pyridine rings is 1. The van der Waals surface area contributed by atoms with Crippen LogP contribution in [0.25, 0.3) is 0 Å². The molecule has 0 radical (unpaired) electrons. The molecular weight excluding hydrogens is 430 g/mol. The molecule has 1 aromatic carbocycles. The number of carbonyl (C=O) groups excluding carboxylic acids is 2. The molecule has 13 heteroatoms. The van der Waals surface area contributed by atoms with Crippen molar-refractivity contribution in [2.45, 2.75) is 17.7 Å². The number of nitro benzene ring substituents is 1. The molecule has 3 rings (SSSR count). The second-order valence-electron chi connectivity index (χ2n) is 6.41. The molecule has 1 aliphatic rings. The van der Waals surface area contributed by atoms with Crippen LogP contribution in [0.3, 0.4) is 0 Å². The van der Waals surface area contributed by atoms with E-state index in [-0.39, 0.29) is 36.8 Å². The largest absolute Gasteiger partial charge is 0.359 e. The van der Waals surface area contributed by atoms with E-state index in [4.69, 9.17) is 4.74 Å². The van der Waals surface area contributed by atoms with Gasteiger partial charge in [0, 0.05) is 24.9 Å². The molecule has 0 aliphatic carbocycles. The van der Waals surface area contributed by atoms with Gasteiger partial charge in [-0.15, -0.1) is 0 Å². The first-order chi connectivity index (χ1) is 14.8. The first kappa shape index (κ1) is 22.3. The Hall–Kier alpha value is -3.42. The molecule has 1 saturated heterocycles. The number of non-ortho nitro benzene ring substituents is 1. The number of aromatic nitrogens is 1. The number of carbonyl (C=O) groups is 2. The SMILES string of the molecule is O=C(NCc1ccccn1)C(=O)NC[C@@H]1OCCN1S(=O)(=O)c1ccc([N+](=O)[O-])cc1. The quantitative estimate of drug-likeness (QED) is 0.333. The summed E-state index contributed by atoms with van der Waals surface area (Å²) in [6, 6.07) is 9.59. The molecule has 1 atom stereocenters. The average Bonchev–Trinajstić information content (AvgIpc) is 3.26. The van der Waals surface area contributed by atoms with Gasteiger partial charge in [-0.2, -0.15) is 4.31 Å². The molecule has 0 bridgehead atoms. The molecule has 31 heavy (non-hydrogen) atoms. The molecule has 0 unspecified atom stereocenters. The molecule has 1 aromatic heterocycles. The minimum Gasteiger partial charge on any atom is -0.359 e. The fourth-order valence-corrected chi connectivity index (χ4v) is 4.34. The van der Waals surface area contributed by atoms with Gasteiger partial charge >= 0.3 is 11.8 Å². The Morgan fingerprint density at radius 3 is 2.52 bits per heavy atom. The van der Waals surface area contributed by atoms with Crippen LogP contribution in [0, 0.1) is 10.1 Å². The third-order valence-corrected chi connectivity index (χ3v) is 6.30. The summed E-state index contributed by atoms with van der Waals surface area (Å²) in [4.78, 5) is 37.9. The van der Waals surface area contributed by atoms with Crippen molar-refractivity contribution in [3.8, 4) is 0 Å². The van der Waals surface area contributed by atoms with Gasteiger partial charge < -0.3 is 15.4 Å². The molecule has 2 N–H and O–H groups in total. The van der Waals surface area contributed by atoms with Crippen molar-refractivity contribution >= 4 is 27.5 Å². The maximum atomic E-state index is 12.8. The van der Waals surface area contributed by atoms with Crippen LogP contribution in [0.5, 0.6) is 0 Å². The summed E-state index contributed by atoms with van der Waals surface area (Å²) in [5, 5.41) is 15.5. The number of ether oxygens (including phenoxy) is 1. The number of nitrogens with zero attached hydrogens (tertiary/aromatic N) is 3.